The molecule has 0 aliphatic carbocycles. The summed E-state index contributed by atoms with van der Waals surface area (Å²) < 4.78 is 1.81. The maximum atomic E-state index is 13.0. The van der Waals surface area contributed by atoms with Crippen molar-refractivity contribution in [3.05, 3.63) is 107 Å². The molecule has 5 heteroatoms. The van der Waals surface area contributed by atoms with Crippen molar-refractivity contribution in [2.75, 3.05) is 6.54 Å². The molecule has 1 heterocycles. The van der Waals surface area contributed by atoms with Crippen LogP contribution < -0.4 is 5.32 Å². The second-order valence-electron chi connectivity index (χ2n) is 7.62. The number of benzene rings is 3. The predicted molar refractivity (Wildman–Crippen MR) is 122 cm³/mol. The Morgan fingerprint density at radius 3 is 2.45 bits per heavy atom. The Labute approximate surface area is 182 Å². The van der Waals surface area contributed by atoms with Gasteiger partial charge in [-0.1, -0.05) is 72.3 Å². The maximum Gasteiger partial charge on any atom is 0.255 e. The summed E-state index contributed by atoms with van der Waals surface area (Å²) in [5.74, 6) is 0.0720. The van der Waals surface area contributed by atoms with Crippen LogP contribution in [0.4, 0.5) is 0 Å². The van der Waals surface area contributed by atoms with Crippen molar-refractivity contribution in [2.24, 2.45) is 0 Å². The van der Waals surface area contributed by atoms with Gasteiger partial charge in [-0.3, -0.25) is 9.48 Å². The minimum Gasteiger partial charge on any atom is -0.508 e. The molecule has 0 radical (unpaired) electrons. The average Bonchev–Trinajstić information content (AvgIpc) is 3.19. The van der Waals surface area contributed by atoms with Crippen molar-refractivity contribution in [1.82, 2.24) is 15.1 Å². The minimum absolute atomic E-state index is 0.157. The van der Waals surface area contributed by atoms with Crippen LogP contribution in [0.15, 0.2) is 85.1 Å². The second kappa shape index (κ2) is 9.30. The SMILES string of the molecule is Cc1ccc(-c2nn(Cc3ccccc3)cc2C(=O)NCCc2cccc(O)c2)cc1. The van der Waals surface area contributed by atoms with Gasteiger partial charge in [0.2, 0.25) is 0 Å². The van der Waals surface area contributed by atoms with Gasteiger partial charge in [-0.25, -0.2) is 0 Å². The number of hydrogen-bond acceptors (Lipinski definition) is 3. The van der Waals surface area contributed by atoms with Gasteiger partial charge in [0, 0.05) is 18.3 Å². The number of aromatic hydroxyl groups is 1. The maximum absolute atomic E-state index is 13.0. The summed E-state index contributed by atoms with van der Waals surface area (Å²) in [6, 6.07) is 25.2. The zero-order valence-corrected chi connectivity index (χ0v) is 17.5. The number of aromatic nitrogens is 2. The first-order valence-electron chi connectivity index (χ1n) is 10.3. The summed E-state index contributed by atoms with van der Waals surface area (Å²) in [5, 5.41) is 17.3. The van der Waals surface area contributed by atoms with Crippen molar-refractivity contribution in [1.29, 1.82) is 0 Å². The van der Waals surface area contributed by atoms with E-state index in [4.69, 9.17) is 5.10 Å². The quantitative estimate of drug-likeness (QED) is 0.468. The molecule has 4 aromatic rings. The van der Waals surface area contributed by atoms with E-state index in [1.165, 1.54) is 0 Å². The fraction of sp³-hybridized carbons (Fsp3) is 0.154. The van der Waals surface area contributed by atoms with Gasteiger partial charge in [-0.2, -0.15) is 5.10 Å². The number of nitrogens with zero attached hydrogens (tertiary/aromatic N) is 2. The third-order valence-corrected chi connectivity index (χ3v) is 5.13. The number of phenols is 1. The Bertz CT molecular complexity index is 1160. The zero-order chi connectivity index (χ0) is 21.6. The molecule has 4 rings (SSSR count). The normalized spacial score (nSPS) is 10.7. The Morgan fingerprint density at radius 2 is 1.71 bits per heavy atom. The van der Waals surface area contributed by atoms with Crippen LogP contribution in [0.3, 0.4) is 0 Å². The first-order valence-corrected chi connectivity index (χ1v) is 10.3. The minimum atomic E-state index is -0.157. The van der Waals surface area contributed by atoms with Gasteiger partial charge in [0.1, 0.15) is 11.4 Å². The van der Waals surface area contributed by atoms with Crippen LogP contribution in [0.2, 0.25) is 0 Å². The van der Waals surface area contributed by atoms with Gasteiger partial charge >= 0.3 is 0 Å². The molecule has 156 valence electrons. The molecule has 0 bridgehead atoms. The summed E-state index contributed by atoms with van der Waals surface area (Å²) in [6.45, 7) is 3.10. The summed E-state index contributed by atoms with van der Waals surface area (Å²) in [4.78, 5) is 13.0. The molecule has 2 N–H and O–H groups in total. The van der Waals surface area contributed by atoms with Gasteiger partial charge in [-0.15, -0.1) is 0 Å². The van der Waals surface area contributed by atoms with Gasteiger partial charge < -0.3 is 10.4 Å². The molecule has 0 spiro atoms. The highest BCUT2D eigenvalue weighted by atomic mass is 16.3. The van der Waals surface area contributed by atoms with Crippen molar-refractivity contribution in [3.63, 3.8) is 0 Å². The number of carbonyl (C=O) groups excluding carboxylic acids is 1. The van der Waals surface area contributed by atoms with Crippen LogP contribution in [-0.4, -0.2) is 27.3 Å². The third-order valence-electron chi connectivity index (χ3n) is 5.13. The third kappa shape index (κ3) is 5.20. The number of hydrogen-bond donors (Lipinski definition) is 2. The van der Waals surface area contributed by atoms with E-state index < -0.39 is 0 Å². The lowest BCUT2D eigenvalue weighted by atomic mass is 10.1. The molecule has 31 heavy (non-hydrogen) atoms. The number of phenolic OH excluding ortho intramolecular Hbond substituents is 1. The zero-order valence-electron chi connectivity index (χ0n) is 17.5. The second-order valence-corrected chi connectivity index (χ2v) is 7.62. The van der Waals surface area contributed by atoms with E-state index in [9.17, 15) is 9.90 Å². The van der Waals surface area contributed by atoms with E-state index in [-0.39, 0.29) is 11.7 Å². The van der Waals surface area contributed by atoms with Crippen molar-refractivity contribution in [2.45, 2.75) is 19.9 Å². The highest BCUT2D eigenvalue weighted by Crippen LogP contribution is 2.23. The molecule has 0 aliphatic heterocycles. The van der Waals surface area contributed by atoms with E-state index in [1.807, 2.05) is 78.5 Å². The van der Waals surface area contributed by atoms with Crippen molar-refractivity contribution in [3.8, 4) is 17.0 Å². The molecule has 0 unspecified atom stereocenters. The molecule has 0 fully saturated rings. The van der Waals surface area contributed by atoms with E-state index in [0.29, 0.717) is 30.8 Å². The smallest absolute Gasteiger partial charge is 0.255 e. The lowest BCUT2D eigenvalue weighted by Gasteiger charge is -2.06. The first-order chi connectivity index (χ1) is 15.1. The highest BCUT2D eigenvalue weighted by Gasteiger charge is 2.18. The van der Waals surface area contributed by atoms with Crippen molar-refractivity contribution < 1.29 is 9.90 Å². The van der Waals surface area contributed by atoms with Crippen molar-refractivity contribution >= 4 is 5.91 Å². The van der Waals surface area contributed by atoms with Crippen LogP contribution in [0.5, 0.6) is 5.75 Å². The lowest BCUT2D eigenvalue weighted by Crippen LogP contribution is -2.25. The standard InChI is InChI=1S/C26H25N3O2/c1-19-10-12-22(13-11-19)25-24(18-29(28-25)17-21-6-3-2-4-7-21)26(31)27-15-14-20-8-5-9-23(30)16-20/h2-13,16,18,30H,14-15,17H2,1H3,(H,27,31). The summed E-state index contributed by atoms with van der Waals surface area (Å²) >= 11 is 0. The largest absolute Gasteiger partial charge is 0.508 e. The molecular weight excluding hydrogens is 386 g/mol. The number of amides is 1. The monoisotopic (exact) mass is 411 g/mol. The summed E-state index contributed by atoms with van der Waals surface area (Å²) in [7, 11) is 0. The van der Waals surface area contributed by atoms with Crippen LogP contribution in [-0.2, 0) is 13.0 Å². The Hall–Kier alpha value is -3.86. The number of carbonyl (C=O) groups is 1. The molecule has 0 saturated carbocycles. The van der Waals surface area contributed by atoms with Crippen LogP contribution in [0.1, 0.15) is 27.0 Å². The van der Waals surface area contributed by atoms with E-state index in [2.05, 4.69) is 5.32 Å². The molecular formula is C26H25N3O2. The Kier molecular flexibility index (Phi) is 6.13. The Morgan fingerprint density at radius 1 is 0.968 bits per heavy atom. The molecule has 1 aromatic heterocycles. The lowest BCUT2D eigenvalue weighted by molar-refractivity contribution is 0.0954. The Balaban J connectivity index is 1.55. The molecule has 1 amide bonds. The number of nitrogens with one attached hydrogen (secondary N) is 1. The topological polar surface area (TPSA) is 67.2 Å². The van der Waals surface area contributed by atoms with E-state index in [0.717, 1.165) is 22.3 Å². The highest BCUT2D eigenvalue weighted by molar-refractivity contribution is 5.99. The number of rotatable bonds is 7. The average molecular weight is 412 g/mol. The van der Waals surface area contributed by atoms with Gasteiger partial charge in [0.15, 0.2) is 0 Å². The molecule has 0 atom stereocenters. The fourth-order valence-electron chi connectivity index (χ4n) is 3.49. The molecule has 0 aliphatic rings. The number of aryl methyl sites for hydroxylation is 1. The summed E-state index contributed by atoms with van der Waals surface area (Å²) in [5.41, 5.74) is 5.39. The van der Waals surface area contributed by atoms with Crippen LogP contribution >= 0.6 is 0 Å². The fourth-order valence-corrected chi connectivity index (χ4v) is 3.49. The predicted octanol–water partition coefficient (Wildman–Crippen LogP) is 4.58. The van der Waals surface area contributed by atoms with Crippen LogP contribution in [0, 0.1) is 6.92 Å². The molecule has 0 saturated heterocycles. The molecule has 5 nitrogen and oxygen atoms in total. The molecule has 3 aromatic carbocycles. The van der Waals surface area contributed by atoms with Crippen LogP contribution in [0.25, 0.3) is 11.3 Å². The first kappa shape index (κ1) is 20.4. The van der Waals surface area contributed by atoms with Gasteiger partial charge in [0.25, 0.3) is 5.91 Å². The van der Waals surface area contributed by atoms with Gasteiger partial charge in [0.05, 0.1) is 12.1 Å². The summed E-state index contributed by atoms with van der Waals surface area (Å²) in [6.07, 6.45) is 2.45. The van der Waals surface area contributed by atoms with Gasteiger partial charge in [-0.05, 0) is 36.6 Å². The van der Waals surface area contributed by atoms with E-state index >= 15 is 0 Å². The van der Waals surface area contributed by atoms with E-state index in [1.54, 1.807) is 18.2 Å².